The minimum atomic E-state index is 0.182. The van der Waals surface area contributed by atoms with Crippen LogP contribution in [-0.4, -0.2) is 30.5 Å². The van der Waals surface area contributed by atoms with Crippen molar-refractivity contribution in [1.29, 1.82) is 0 Å². The van der Waals surface area contributed by atoms with E-state index < -0.39 is 0 Å². The van der Waals surface area contributed by atoms with Crippen molar-refractivity contribution in [3.8, 4) is 0 Å². The molecular weight excluding hydrogens is 220 g/mol. The molecule has 0 bridgehead atoms. The van der Waals surface area contributed by atoms with Gasteiger partial charge in [-0.1, -0.05) is 6.42 Å². The van der Waals surface area contributed by atoms with E-state index in [-0.39, 0.29) is 17.9 Å². The second-order valence-corrected chi connectivity index (χ2v) is 5.60. The zero-order valence-corrected chi connectivity index (χ0v) is 11.0. The first-order valence-electron chi connectivity index (χ1n) is 6.26. The van der Waals surface area contributed by atoms with Gasteiger partial charge in [-0.3, -0.25) is 4.79 Å². The summed E-state index contributed by atoms with van der Waals surface area (Å²) >= 11 is 1.89. The molecule has 2 atom stereocenters. The fourth-order valence-electron chi connectivity index (χ4n) is 2.16. The lowest BCUT2D eigenvalue weighted by atomic mass is 10.1. The third-order valence-electron chi connectivity index (χ3n) is 3.17. The summed E-state index contributed by atoms with van der Waals surface area (Å²) in [6.45, 7) is 0.832. The summed E-state index contributed by atoms with van der Waals surface area (Å²) in [5.41, 5.74) is 5.79. The molecule has 3 nitrogen and oxygen atoms in total. The zero-order chi connectivity index (χ0) is 11.8. The molecule has 0 aromatic heterocycles. The van der Waals surface area contributed by atoms with Crippen LogP contribution in [0.1, 0.15) is 38.5 Å². The highest BCUT2D eigenvalue weighted by molar-refractivity contribution is 7.98. The van der Waals surface area contributed by atoms with Crippen LogP contribution in [0.5, 0.6) is 0 Å². The molecule has 0 spiro atoms. The quantitative estimate of drug-likeness (QED) is 0.671. The molecular formula is C12H24N2OS. The summed E-state index contributed by atoms with van der Waals surface area (Å²) in [4.78, 5) is 11.7. The predicted molar refractivity (Wildman–Crippen MR) is 70.6 cm³/mol. The summed E-state index contributed by atoms with van der Waals surface area (Å²) in [7, 11) is 0. The standard InChI is InChI=1S/C12H24N2OS/c1-16-8-4-2-3-7-14-12(15)10-5-6-11(13)9-10/h10-11H,2-9,13H2,1H3,(H,14,15). The van der Waals surface area contributed by atoms with E-state index in [1.165, 1.54) is 18.6 Å². The number of rotatable bonds is 7. The monoisotopic (exact) mass is 244 g/mol. The Morgan fingerprint density at radius 2 is 2.19 bits per heavy atom. The van der Waals surface area contributed by atoms with Gasteiger partial charge in [-0.05, 0) is 44.1 Å². The van der Waals surface area contributed by atoms with E-state index in [1.807, 2.05) is 11.8 Å². The number of carbonyl (C=O) groups is 1. The van der Waals surface area contributed by atoms with Crippen LogP contribution in [0.3, 0.4) is 0 Å². The molecule has 4 heteroatoms. The summed E-state index contributed by atoms with van der Waals surface area (Å²) in [5.74, 6) is 1.63. The molecule has 94 valence electrons. The number of nitrogens with two attached hydrogens (primary N) is 1. The van der Waals surface area contributed by atoms with Gasteiger partial charge in [-0.2, -0.15) is 11.8 Å². The van der Waals surface area contributed by atoms with E-state index >= 15 is 0 Å². The Hall–Kier alpha value is -0.220. The topological polar surface area (TPSA) is 55.1 Å². The highest BCUT2D eigenvalue weighted by Gasteiger charge is 2.27. The molecule has 0 radical (unpaired) electrons. The molecule has 1 aliphatic rings. The molecule has 0 saturated heterocycles. The largest absolute Gasteiger partial charge is 0.356 e. The van der Waals surface area contributed by atoms with Crippen molar-refractivity contribution in [1.82, 2.24) is 5.32 Å². The van der Waals surface area contributed by atoms with Gasteiger partial charge in [-0.15, -0.1) is 0 Å². The van der Waals surface area contributed by atoms with Crippen LogP contribution >= 0.6 is 11.8 Å². The van der Waals surface area contributed by atoms with Gasteiger partial charge in [0.1, 0.15) is 0 Å². The smallest absolute Gasteiger partial charge is 0.223 e. The first-order valence-corrected chi connectivity index (χ1v) is 7.65. The fraction of sp³-hybridized carbons (Fsp3) is 0.917. The minimum absolute atomic E-state index is 0.182. The molecule has 2 unspecified atom stereocenters. The Morgan fingerprint density at radius 3 is 2.81 bits per heavy atom. The first kappa shape index (κ1) is 13.8. The van der Waals surface area contributed by atoms with Gasteiger partial charge in [0, 0.05) is 18.5 Å². The summed E-state index contributed by atoms with van der Waals surface area (Å²) < 4.78 is 0. The summed E-state index contributed by atoms with van der Waals surface area (Å²) in [5, 5.41) is 3.02. The van der Waals surface area contributed by atoms with Gasteiger partial charge in [0.2, 0.25) is 5.91 Å². The van der Waals surface area contributed by atoms with E-state index in [0.717, 1.165) is 32.2 Å². The molecule has 1 saturated carbocycles. The maximum Gasteiger partial charge on any atom is 0.223 e. The van der Waals surface area contributed by atoms with Crippen molar-refractivity contribution >= 4 is 17.7 Å². The second kappa shape index (κ2) is 7.96. The molecule has 1 aliphatic carbocycles. The van der Waals surface area contributed by atoms with Crippen molar-refractivity contribution in [3.63, 3.8) is 0 Å². The molecule has 3 N–H and O–H groups in total. The molecule has 0 heterocycles. The van der Waals surface area contributed by atoms with E-state index in [1.54, 1.807) is 0 Å². The lowest BCUT2D eigenvalue weighted by molar-refractivity contribution is -0.124. The highest BCUT2D eigenvalue weighted by Crippen LogP contribution is 2.23. The lowest BCUT2D eigenvalue weighted by Crippen LogP contribution is -2.31. The van der Waals surface area contributed by atoms with Crippen molar-refractivity contribution in [2.45, 2.75) is 44.6 Å². The number of thioether (sulfide) groups is 1. The zero-order valence-electron chi connectivity index (χ0n) is 10.2. The Labute approximate surface area is 103 Å². The fourth-order valence-corrected chi connectivity index (χ4v) is 2.65. The molecule has 1 amide bonds. The number of amides is 1. The average molecular weight is 244 g/mol. The van der Waals surface area contributed by atoms with Crippen LogP contribution < -0.4 is 11.1 Å². The van der Waals surface area contributed by atoms with E-state index in [0.29, 0.717) is 0 Å². The maximum atomic E-state index is 11.7. The predicted octanol–water partition coefficient (Wildman–Crippen LogP) is 1.76. The molecule has 0 aliphatic heterocycles. The molecule has 0 aromatic carbocycles. The van der Waals surface area contributed by atoms with Crippen molar-refractivity contribution < 1.29 is 4.79 Å². The lowest BCUT2D eigenvalue weighted by Gasteiger charge is -2.10. The van der Waals surface area contributed by atoms with Crippen LogP contribution in [0.15, 0.2) is 0 Å². The van der Waals surface area contributed by atoms with Gasteiger partial charge < -0.3 is 11.1 Å². The van der Waals surface area contributed by atoms with Crippen molar-refractivity contribution in [3.05, 3.63) is 0 Å². The van der Waals surface area contributed by atoms with E-state index in [4.69, 9.17) is 5.73 Å². The van der Waals surface area contributed by atoms with Crippen LogP contribution in [0.2, 0.25) is 0 Å². The SMILES string of the molecule is CSCCCCCNC(=O)C1CCC(N)C1. The molecule has 1 fully saturated rings. The van der Waals surface area contributed by atoms with Crippen LogP contribution in [0.25, 0.3) is 0 Å². The molecule has 0 aromatic rings. The maximum absolute atomic E-state index is 11.7. The Balaban J connectivity index is 1.98. The Bertz CT molecular complexity index is 211. The number of hydrogen-bond donors (Lipinski definition) is 2. The van der Waals surface area contributed by atoms with Crippen LogP contribution in [0.4, 0.5) is 0 Å². The molecule has 16 heavy (non-hydrogen) atoms. The van der Waals surface area contributed by atoms with E-state index in [2.05, 4.69) is 11.6 Å². The number of carbonyl (C=O) groups excluding carboxylic acids is 1. The van der Waals surface area contributed by atoms with Crippen LogP contribution in [-0.2, 0) is 4.79 Å². The first-order chi connectivity index (χ1) is 7.74. The number of nitrogens with one attached hydrogen (secondary N) is 1. The summed E-state index contributed by atoms with van der Waals surface area (Å²) in [6.07, 6.45) is 8.55. The Kier molecular flexibility index (Phi) is 6.88. The van der Waals surface area contributed by atoms with Crippen LogP contribution in [0, 0.1) is 5.92 Å². The molecule has 1 rings (SSSR count). The van der Waals surface area contributed by atoms with Gasteiger partial charge in [0.15, 0.2) is 0 Å². The third kappa shape index (κ3) is 5.21. The van der Waals surface area contributed by atoms with Gasteiger partial charge >= 0.3 is 0 Å². The van der Waals surface area contributed by atoms with Gasteiger partial charge in [-0.25, -0.2) is 0 Å². The average Bonchev–Trinajstić information content (AvgIpc) is 2.70. The van der Waals surface area contributed by atoms with E-state index in [9.17, 15) is 4.79 Å². The van der Waals surface area contributed by atoms with Crippen molar-refractivity contribution in [2.75, 3.05) is 18.6 Å². The number of unbranched alkanes of at least 4 members (excludes halogenated alkanes) is 2. The van der Waals surface area contributed by atoms with Gasteiger partial charge in [0.25, 0.3) is 0 Å². The summed E-state index contributed by atoms with van der Waals surface area (Å²) in [6, 6.07) is 0.248. The second-order valence-electron chi connectivity index (χ2n) is 4.61. The minimum Gasteiger partial charge on any atom is -0.356 e. The normalized spacial score (nSPS) is 24.6. The number of hydrogen-bond acceptors (Lipinski definition) is 3. The Morgan fingerprint density at radius 1 is 1.38 bits per heavy atom. The van der Waals surface area contributed by atoms with Crippen molar-refractivity contribution in [2.24, 2.45) is 11.7 Å². The van der Waals surface area contributed by atoms with Gasteiger partial charge in [0.05, 0.1) is 0 Å². The third-order valence-corrected chi connectivity index (χ3v) is 3.87. The highest BCUT2D eigenvalue weighted by atomic mass is 32.2.